The molecule has 0 radical (unpaired) electrons. The lowest BCUT2D eigenvalue weighted by molar-refractivity contribution is 0.175. The van der Waals surface area contributed by atoms with Gasteiger partial charge in [0.15, 0.2) is 5.82 Å². The number of nitrogens with one attached hydrogen (secondary N) is 1. The normalized spacial score (nSPS) is 15.2. The molecule has 2 N–H and O–H groups in total. The maximum absolute atomic E-state index is 12.6. The number of hydrogen-bond acceptors (Lipinski definition) is 7. The Balaban J connectivity index is 1.56. The van der Waals surface area contributed by atoms with Crippen molar-refractivity contribution in [2.24, 2.45) is 0 Å². The fourth-order valence-electron chi connectivity index (χ4n) is 4.20. The molecule has 3 aromatic rings. The molecule has 2 aromatic heterocycles. The summed E-state index contributed by atoms with van der Waals surface area (Å²) >= 11 is 0. The second-order valence-corrected chi connectivity index (χ2v) is 7.84. The Hall–Kier alpha value is -2.78. The molecular formula is C21H28N6O3. The van der Waals surface area contributed by atoms with Crippen LogP contribution >= 0.6 is 0 Å². The lowest BCUT2D eigenvalue weighted by Crippen LogP contribution is -2.31. The molecule has 1 aliphatic carbocycles. The third-order valence-electron chi connectivity index (χ3n) is 5.79. The number of tetrazole rings is 1. The van der Waals surface area contributed by atoms with Crippen LogP contribution < -0.4 is 10.3 Å². The van der Waals surface area contributed by atoms with Gasteiger partial charge in [0.25, 0.3) is 5.56 Å². The Labute approximate surface area is 174 Å². The first-order chi connectivity index (χ1) is 14.7. The van der Waals surface area contributed by atoms with Crippen molar-refractivity contribution in [2.45, 2.75) is 51.2 Å². The molecule has 0 atom stereocenters. The van der Waals surface area contributed by atoms with E-state index >= 15 is 0 Å². The highest BCUT2D eigenvalue weighted by molar-refractivity contribution is 5.80. The summed E-state index contributed by atoms with van der Waals surface area (Å²) in [5.74, 6) is 1.51. The molecule has 160 valence electrons. The molecule has 9 nitrogen and oxygen atoms in total. The topological polar surface area (TPSA) is 109 Å². The number of hydrogen-bond donors (Lipinski definition) is 2. The van der Waals surface area contributed by atoms with E-state index in [-0.39, 0.29) is 12.2 Å². The molecule has 4 rings (SSSR count). The van der Waals surface area contributed by atoms with Crippen molar-refractivity contribution in [1.29, 1.82) is 0 Å². The van der Waals surface area contributed by atoms with Gasteiger partial charge >= 0.3 is 0 Å². The Bertz CT molecular complexity index is 1040. The van der Waals surface area contributed by atoms with Gasteiger partial charge in [-0.25, -0.2) is 4.68 Å². The van der Waals surface area contributed by atoms with Crippen LogP contribution in [0.5, 0.6) is 5.75 Å². The van der Waals surface area contributed by atoms with Crippen molar-refractivity contribution in [3.05, 3.63) is 46.0 Å². The van der Waals surface area contributed by atoms with Gasteiger partial charge < -0.3 is 14.8 Å². The highest BCUT2D eigenvalue weighted by Crippen LogP contribution is 2.28. The van der Waals surface area contributed by atoms with Crippen molar-refractivity contribution < 1.29 is 9.84 Å². The minimum Gasteiger partial charge on any atom is -0.497 e. The first-order valence-electron chi connectivity index (χ1n) is 10.5. The number of pyridine rings is 1. The van der Waals surface area contributed by atoms with E-state index in [1.807, 2.05) is 33.8 Å². The summed E-state index contributed by atoms with van der Waals surface area (Å²) in [6.45, 7) is 1.28. The zero-order chi connectivity index (χ0) is 20.9. The minimum atomic E-state index is -0.137. The lowest BCUT2D eigenvalue weighted by atomic mass is 9.95. The Morgan fingerprint density at radius 2 is 2.07 bits per heavy atom. The van der Waals surface area contributed by atoms with Crippen molar-refractivity contribution in [1.82, 2.24) is 30.1 Å². The number of rotatable bonds is 8. The monoisotopic (exact) mass is 412 g/mol. The fraction of sp³-hybridized carbons (Fsp3) is 0.524. The number of H-pyrrole nitrogens is 1. The first-order valence-corrected chi connectivity index (χ1v) is 10.5. The fourth-order valence-corrected chi connectivity index (χ4v) is 4.20. The predicted molar refractivity (Wildman–Crippen MR) is 112 cm³/mol. The Morgan fingerprint density at radius 1 is 1.23 bits per heavy atom. The quantitative estimate of drug-likeness (QED) is 0.582. The molecular weight excluding hydrogens is 384 g/mol. The second kappa shape index (κ2) is 9.36. The average molecular weight is 412 g/mol. The number of aliphatic hydroxyl groups is 1. The van der Waals surface area contributed by atoms with Crippen LogP contribution in [-0.2, 0) is 13.1 Å². The summed E-state index contributed by atoms with van der Waals surface area (Å²) < 4.78 is 7.22. The second-order valence-electron chi connectivity index (χ2n) is 7.84. The summed E-state index contributed by atoms with van der Waals surface area (Å²) in [4.78, 5) is 17.6. The molecule has 0 spiro atoms. The molecule has 9 heteroatoms. The molecule has 0 amide bonds. The number of aromatic nitrogens is 5. The third kappa shape index (κ3) is 4.52. The van der Waals surface area contributed by atoms with Crippen molar-refractivity contribution in [3.63, 3.8) is 0 Å². The van der Waals surface area contributed by atoms with Gasteiger partial charge in [-0.15, -0.1) is 5.10 Å². The van der Waals surface area contributed by atoms with Crippen molar-refractivity contribution in [3.8, 4) is 5.75 Å². The zero-order valence-electron chi connectivity index (χ0n) is 17.3. The smallest absolute Gasteiger partial charge is 0.252 e. The third-order valence-corrected chi connectivity index (χ3v) is 5.79. The van der Waals surface area contributed by atoms with Gasteiger partial charge in [-0.2, -0.15) is 0 Å². The molecule has 1 aliphatic rings. The van der Waals surface area contributed by atoms with E-state index in [1.165, 1.54) is 19.3 Å². The standard InChI is InChI=1S/C21H28N6O3/c1-30-18-7-8-19-15(12-18)11-16(21(29)22-19)13-26(9-10-28)14-20-23-24-25-27(20)17-5-3-2-4-6-17/h7-8,11-12,17,28H,2-6,9-10,13-14H2,1H3,(H,22,29). The zero-order valence-corrected chi connectivity index (χ0v) is 17.3. The van der Waals surface area contributed by atoms with E-state index in [9.17, 15) is 9.90 Å². The van der Waals surface area contributed by atoms with Crippen LogP contribution in [-0.4, -0.2) is 55.5 Å². The van der Waals surface area contributed by atoms with Crippen LogP contribution in [0.4, 0.5) is 0 Å². The highest BCUT2D eigenvalue weighted by Gasteiger charge is 2.21. The molecule has 0 unspecified atom stereocenters. The van der Waals surface area contributed by atoms with Gasteiger partial charge in [0, 0.05) is 29.6 Å². The van der Waals surface area contributed by atoms with E-state index in [0.29, 0.717) is 31.2 Å². The maximum atomic E-state index is 12.6. The van der Waals surface area contributed by atoms with Gasteiger partial charge in [0.05, 0.1) is 26.3 Å². The number of aliphatic hydroxyl groups excluding tert-OH is 1. The van der Waals surface area contributed by atoms with Crippen LogP contribution in [0.2, 0.25) is 0 Å². The Kier molecular flexibility index (Phi) is 6.39. The van der Waals surface area contributed by atoms with Crippen LogP contribution in [0.15, 0.2) is 29.1 Å². The van der Waals surface area contributed by atoms with E-state index in [2.05, 4.69) is 20.5 Å². The molecule has 0 saturated heterocycles. The van der Waals surface area contributed by atoms with Crippen LogP contribution in [0, 0.1) is 0 Å². The van der Waals surface area contributed by atoms with Crippen molar-refractivity contribution >= 4 is 10.9 Å². The number of fused-ring (bicyclic) bond motifs is 1. The van der Waals surface area contributed by atoms with E-state index < -0.39 is 0 Å². The minimum absolute atomic E-state index is 0.00962. The molecule has 2 heterocycles. The molecule has 1 fully saturated rings. The van der Waals surface area contributed by atoms with Gasteiger partial charge in [0.2, 0.25) is 0 Å². The SMILES string of the molecule is COc1ccc2[nH]c(=O)c(CN(CCO)Cc3nnnn3C3CCCCC3)cc2c1. The number of methoxy groups -OCH3 is 1. The molecule has 30 heavy (non-hydrogen) atoms. The van der Waals surface area contributed by atoms with Crippen LogP contribution in [0.25, 0.3) is 10.9 Å². The summed E-state index contributed by atoms with van der Waals surface area (Å²) in [6.07, 6.45) is 5.83. The first kappa shape index (κ1) is 20.5. The summed E-state index contributed by atoms with van der Waals surface area (Å²) in [5.41, 5.74) is 1.25. The average Bonchev–Trinajstić information content (AvgIpc) is 3.23. The summed E-state index contributed by atoms with van der Waals surface area (Å²) in [5, 5.41) is 22.8. The van der Waals surface area contributed by atoms with Gasteiger partial charge in [-0.1, -0.05) is 19.3 Å². The summed E-state index contributed by atoms with van der Waals surface area (Å²) in [7, 11) is 1.62. The number of nitrogens with zero attached hydrogens (tertiary/aromatic N) is 5. The van der Waals surface area contributed by atoms with Gasteiger partial charge in [-0.05, 0) is 47.5 Å². The van der Waals surface area contributed by atoms with E-state index in [1.54, 1.807) is 7.11 Å². The molecule has 1 aromatic carbocycles. The van der Waals surface area contributed by atoms with Gasteiger partial charge in [-0.3, -0.25) is 9.69 Å². The van der Waals surface area contributed by atoms with E-state index in [0.717, 1.165) is 35.3 Å². The van der Waals surface area contributed by atoms with E-state index in [4.69, 9.17) is 4.74 Å². The summed E-state index contributed by atoms with van der Waals surface area (Å²) in [6, 6.07) is 7.76. The van der Waals surface area contributed by atoms with Gasteiger partial charge in [0.1, 0.15) is 5.75 Å². The number of aromatic amines is 1. The van der Waals surface area contributed by atoms with Crippen molar-refractivity contribution in [2.75, 3.05) is 20.3 Å². The number of benzene rings is 1. The van der Waals surface area contributed by atoms with Crippen LogP contribution in [0.1, 0.15) is 49.5 Å². The van der Waals surface area contributed by atoms with Crippen LogP contribution in [0.3, 0.4) is 0 Å². The lowest BCUT2D eigenvalue weighted by Gasteiger charge is -2.25. The maximum Gasteiger partial charge on any atom is 0.252 e. The highest BCUT2D eigenvalue weighted by atomic mass is 16.5. The molecule has 0 aliphatic heterocycles. The molecule has 1 saturated carbocycles. The number of ether oxygens (including phenoxy) is 1. The largest absolute Gasteiger partial charge is 0.497 e. The predicted octanol–water partition coefficient (Wildman–Crippen LogP) is 2.02. The Morgan fingerprint density at radius 3 is 2.83 bits per heavy atom. The molecule has 0 bridgehead atoms.